The molecule has 0 aliphatic heterocycles. The molecule has 110 valence electrons. The fraction of sp³-hybridized carbons (Fsp3) is 0.333. The highest BCUT2D eigenvalue weighted by Gasteiger charge is 2.22. The first kappa shape index (κ1) is 16.2. The van der Waals surface area contributed by atoms with Crippen molar-refractivity contribution in [3.63, 3.8) is 0 Å². The van der Waals surface area contributed by atoms with Crippen LogP contribution >= 0.6 is 0 Å². The molecule has 0 aromatic heterocycles. The van der Waals surface area contributed by atoms with Gasteiger partial charge in [-0.25, -0.2) is 17.2 Å². The SMILES string of the molecule is CCOC(=O)CC(=O)CS(=O)(=O)c1ccc(F)c(F)c1. The molecule has 5 nitrogen and oxygen atoms in total. The van der Waals surface area contributed by atoms with Gasteiger partial charge < -0.3 is 4.74 Å². The predicted molar refractivity (Wildman–Crippen MR) is 64.7 cm³/mol. The van der Waals surface area contributed by atoms with Crippen molar-refractivity contribution in [2.45, 2.75) is 18.2 Å². The van der Waals surface area contributed by atoms with Crippen LogP contribution in [0.15, 0.2) is 23.1 Å². The molecule has 0 amide bonds. The standard InChI is InChI=1S/C12H12F2O5S/c1-2-19-12(16)5-8(15)7-20(17,18)9-3-4-10(13)11(14)6-9/h3-4,6H,2,5,7H2,1H3. The Morgan fingerprint density at radius 1 is 1.20 bits per heavy atom. The molecule has 0 fully saturated rings. The molecule has 20 heavy (non-hydrogen) atoms. The lowest BCUT2D eigenvalue weighted by Gasteiger charge is -2.04. The first-order valence-corrected chi connectivity index (χ1v) is 7.26. The molecule has 1 aromatic carbocycles. The van der Waals surface area contributed by atoms with Crippen LogP contribution in [0.4, 0.5) is 8.78 Å². The molecular formula is C12H12F2O5S. The van der Waals surface area contributed by atoms with Crippen molar-refractivity contribution >= 4 is 21.6 Å². The van der Waals surface area contributed by atoms with E-state index in [0.717, 1.165) is 6.07 Å². The molecule has 0 saturated heterocycles. The minimum Gasteiger partial charge on any atom is -0.466 e. The molecule has 8 heteroatoms. The van der Waals surface area contributed by atoms with Gasteiger partial charge in [-0.1, -0.05) is 0 Å². The summed E-state index contributed by atoms with van der Waals surface area (Å²) in [5, 5.41) is 0. The van der Waals surface area contributed by atoms with Gasteiger partial charge >= 0.3 is 5.97 Å². The molecule has 1 rings (SSSR count). The molecule has 0 atom stereocenters. The zero-order valence-corrected chi connectivity index (χ0v) is 11.4. The highest BCUT2D eigenvalue weighted by Crippen LogP contribution is 2.15. The van der Waals surface area contributed by atoms with Gasteiger partial charge in [0.25, 0.3) is 0 Å². The Morgan fingerprint density at radius 2 is 1.85 bits per heavy atom. The van der Waals surface area contributed by atoms with Crippen molar-refractivity contribution in [2.75, 3.05) is 12.4 Å². The van der Waals surface area contributed by atoms with Gasteiger partial charge in [0.05, 0.1) is 11.5 Å². The normalized spacial score (nSPS) is 11.2. The van der Waals surface area contributed by atoms with Crippen LogP contribution in [0.25, 0.3) is 0 Å². The topological polar surface area (TPSA) is 77.5 Å². The van der Waals surface area contributed by atoms with Gasteiger partial charge in [-0.2, -0.15) is 0 Å². The van der Waals surface area contributed by atoms with E-state index in [9.17, 15) is 26.8 Å². The Balaban J connectivity index is 2.82. The largest absolute Gasteiger partial charge is 0.466 e. The first-order valence-electron chi connectivity index (χ1n) is 5.61. The van der Waals surface area contributed by atoms with Gasteiger partial charge in [0.2, 0.25) is 0 Å². The lowest BCUT2D eigenvalue weighted by molar-refractivity contribution is -0.145. The Bertz CT molecular complexity index is 625. The number of rotatable bonds is 6. The number of ketones is 1. The summed E-state index contributed by atoms with van der Waals surface area (Å²) in [6.45, 7) is 1.61. The van der Waals surface area contributed by atoms with E-state index in [4.69, 9.17) is 0 Å². The van der Waals surface area contributed by atoms with Gasteiger partial charge in [-0.15, -0.1) is 0 Å². The summed E-state index contributed by atoms with van der Waals surface area (Å²) in [5.74, 6) is -5.21. The predicted octanol–water partition coefficient (Wildman–Crippen LogP) is 1.26. The van der Waals surface area contributed by atoms with Crippen LogP contribution in [-0.4, -0.2) is 32.5 Å². The molecular weight excluding hydrogens is 294 g/mol. The van der Waals surface area contributed by atoms with E-state index in [0.29, 0.717) is 12.1 Å². The highest BCUT2D eigenvalue weighted by molar-refractivity contribution is 7.92. The first-order chi connectivity index (χ1) is 9.26. The maximum Gasteiger partial charge on any atom is 0.313 e. The summed E-state index contributed by atoms with van der Waals surface area (Å²) in [7, 11) is -4.12. The summed E-state index contributed by atoms with van der Waals surface area (Å²) in [6, 6.07) is 1.99. The van der Waals surface area contributed by atoms with E-state index in [1.54, 1.807) is 6.92 Å². The zero-order chi connectivity index (χ0) is 15.3. The number of sulfone groups is 1. The molecule has 1 aromatic rings. The van der Waals surface area contributed by atoms with Gasteiger partial charge in [0, 0.05) is 0 Å². The summed E-state index contributed by atoms with van der Waals surface area (Å²) < 4.78 is 53.7. The van der Waals surface area contributed by atoms with Crippen LogP contribution in [0.3, 0.4) is 0 Å². The summed E-state index contributed by atoms with van der Waals surface area (Å²) in [4.78, 5) is 21.9. The second kappa shape index (κ2) is 6.56. The molecule has 0 N–H and O–H groups in total. The lowest BCUT2D eigenvalue weighted by atomic mass is 10.3. The van der Waals surface area contributed by atoms with Crippen molar-refractivity contribution in [3.8, 4) is 0 Å². The van der Waals surface area contributed by atoms with Crippen LogP contribution < -0.4 is 0 Å². The van der Waals surface area contributed by atoms with Gasteiger partial charge in [0.15, 0.2) is 27.3 Å². The third-order valence-corrected chi connectivity index (χ3v) is 3.92. The third kappa shape index (κ3) is 4.37. The molecule has 0 spiro atoms. The van der Waals surface area contributed by atoms with E-state index in [2.05, 4.69) is 4.74 Å². The number of ether oxygens (including phenoxy) is 1. The number of hydrogen-bond acceptors (Lipinski definition) is 5. The average molecular weight is 306 g/mol. The summed E-state index contributed by atoms with van der Waals surface area (Å²) >= 11 is 0. The van der Waals surface area contributed by atoms with Crippen LogP contribution in [0.1, 0.15) is 13.3 Å². The number of Topliss-reactive ketones (excluding diaryl/α,β-unsaturated/α-hetero) is 1. The fourth-order valence-electron chi connectivity index (χ4n) is 1.39. The summed E-state index contributed by atoms with van der Waals surface area (Å²) in [6.07, 6.45) is -0.684. The number of esters is 1. The molecule has 0 saturated carbocycles. The van der Waals surface area contributed by atoms with E-state index in [1.165, 1.54) is 0 Å². The zero-order valence-electron chi connectivity index (χ0n) is 10.6. The fourth-order valence-corrected chi connectivity index (χ4v) is 2.64. The number of halogens is 2. The Kier molecular flexibility index (Phi) is 5.32. The monoisotopic (exact) mass is 306 g/mol. The van der Waals surface area contributed by atoms with Crippen molar-refractivity contribution < 1.29 is 31.5 Å². The van der Waals surface area contributed by atoms with E-state index in [-0.39, 0.29) is 6.61 Å². The second-order valence-corrected chi connectivity index (χ2v) is 5.85. The molecule has 0 radical (unpaired) electrons. The quantitative estimate of drug-likeness (QED) is 0.449. The average Bonchev–Trinajstić information content (AvgIpc) is 2.31. The van der Waals surface area contributed by atoms with Crippen molar-refractivity contribution in [1.82, 2.24) is 0 Å². The van der Waals surface area contributed by atoms with Crippen LogP contribution in [0.2, 0.25) is 0 Å². The molecule has 0 unspecified atom stereocenters. The Labute approximate surface area is 114 Å². The highest BCUT2D eigenvalue weighted by atomic mass is 32.2. The van der Waals surface area contributed by atoms with Crippen LogP contribution in [-0.2, 0) is 24.2 Å². The minimum atomic E-state index is -4.12. The second-order valence-electron chi connectivity index (χ2n) is 3.86. The maximum absolute atomic E-state index is 13.0. The van der Waals surface area contributed by atoms with E-state index in [1.807, 2.05) is 0 Å². The van der Waals surface area contributed by atoms with E-state index < -0.39 is 50.3 Å². The smallest absolute Gasteiger partial charge is 0.313 e. The lowest BCUT2D eigenvalue weighted by Crippen LogP contribution is -2.20. The Morgan fingerprint density at radius 3 is 2.40 bits per heavy atom. The molecule has 0 bridgehead atoms. The summed E-state index contributed by atoms with van der Waals surface area (Å²) in [5.41, 5.74) is 0. The number of benzene rings is 1. The molecule has 0 heterocycles. The molecule has 0 aliphatic carbocycles. The molecule has 0 aliphatic rings. The minimum absolute atomic E-state index is 0.0715. The van der Waals surface area contributed by atoms with Gasteiger partial charge in [-0.05, 0) is 25.1 Å². The third-order valence-electron chi connectivity index (χ3n) is 2.25. The van der Waals surface area contributed by atoms with Crippen molar-refractivity contribution in [3.05, 3.63) is 29.8 Å². The maximum atomic E-state index is 13.0. The van der Waals surface area contributed by atoms with Crippen LogP contribution in [0, 0.1) is 11.6 Å². The van der Waals surface area contributed by atoms with Gasteiger partial charge in [0.1, 0.15) is 12.2 Å². The van der Waals surface area contributed by atoms with Crippen molar-refractivity contribution in [2.24, 2.45) is 0 Å². The number of carbonyl (C=O) groups excluding carboxylic acids is 2. The van der Waals surface area contributed by atoms with Crippen molar-refractivity contribution in [1.29, 1.82) is 0 Å². The number of carbonyl (C=O) groups is 2. The van der Waals surface area contributed by atoms with Crippen LogP contribution in [0.5, 0.6) is 0 Å². The van der Waals surface area contributed by atoms with E-state index >= 15 is 0 Å². The van der Waals surface area contributed by atoms with Gasteiger partial charge in [-0.3, -0.25) is 9.59 Å². The number of hydrogen-bond donors (Lipinski definition) is 0. The Hall–Kier alpha value is -1.83.